The number of benzene rings is 2. The molecule has 8 atom stereocenters. The van der Waals surface area contributed by atoms with Gasteiger partial charge in [-0.25, -0.2) is 0 Å². The summed E-state index contributed by atoms with van der Waals surface area (Å²) in [5, 5.41) is 48.2. The van der Waals surface area contributed by atoms with E-state index in [0.29, 0.717) is 35.3 Å². The van der Waals surface area contributed by atoms with Gasteiger partial charge in [0.2, 0.25) is 17.7 Å². The number of aromatic hydroxyl groups is 2. The van der Waals surface area contributed by atoms with Gasteiger partial charge in [-0.1, -0.05) is 108 Å². The van der Waals surface area contributed by atoms with E-state index < -0.39 is 5.78 Å². The van der Waals surface area contributed by atoms with E-state index in [1.807, 2.05) is 0 Å². The van der Waals surface area contributed by atoms with Crippen molar-refractivity contribution in [1.29, 1.82) is 0 Å². The maximum Gasteiger partial charge on any atom is 0.246 e. The number of aromatic nitrogens is 3. The number of amides is 3. The Morgan fingerprint density at radius 1 is 0.765 bits per heavy atom. The molecule has 81 heavy (non-hydrogen) atoms. The third kappa shape index (κ3) is 16.8. The number of allylic oxidation sites excluding steroid dienone is 4. The molecule has 4 aliphatic carbocycles. The molecule has 6 N–H and O–H groups in total. The summed E-state index contributed by atoms with van der Waals surface area (Å²) >= 11 is 0. The first kappa shape index (κ1) is 62.2. The minimum Gasteiger partial charge on any atom is -0.508 e. The van der Waals surface area contributed by atoms with Crippen LogP contribution in [0.4, 0.5) is 0 Å². The van der Waals surface area contributed by atoms with Gasteiger partial charge in [0.1, 0.15) is 12.4 Å². The number of carbonyl (C=O) groups is 4. The van der Waals surface area contributed by atoms with Crippen molar-refractivity contribution in [2.75, 3.05) is 40.5 Å². The first-order chi connectivity index (χ1) is 38.9. The van der Waals surface area contributed by atoms with Gasteiger partial charge in [0.25, 0.3) is 0 Å². The third-order valence-electron chi connectivity index (χ3n) is 18.5. The van der Waals surface area contributed by atoms with Crippen LogP contribution in [0.5, 0.6) is 23.0 Å². The number of aliphatic hydroxyl groups excluding tert-OH is 1. The Morgan fingerprint density at radius 2 is 1.42 bits per heavy atom. The molecule has 3 fully saturated rings. The van der Waals surface area contributed by atoms with E-state index in [4.69, 9.17) is 14.2 Å². The van der Waals surface area contributed by atoms with Gasteiger partial charge >= 0.3 is 0 Å². The van der Waals surface area contributed by atoms with Crippen molar-refractivity contribution in [1.82, 2.24) is 30.9 Å². The number of methoxy groups -OCH3 is 2. The molecule has 16 heteroatoms. The quantitative estimate of drug-likeness (QED) is 0.0121. The van der Waals surface area contributed by atoms with Crippen molar-refractivity contribution in [2.45, 2.75) is 163 Å². The monoisotopic (exact) mass is 1120 g/mol. The van der Waals surface area contributed by atoms with E-state index >= 15 is 0 Å². The molecule has 2 aromatic carbocycles. The number of aryl methyl sites for hydroxylation is 1. The summed E-state index contributed by atoms with van der Waals surface area (Å²) in [6, 6.07) is 9.39. The number of hydrogen-bond acceptors (Lipinski definition) is 12. The molecular formula is C65H92N6O10. The minimum atomic E-state index is -0.464. The van der Waals surface area contributed by atoms with E-state index in [1.165, 1.54) is 89.9 Å². The van der Waals surface area contributed by atoms with Crippen LogP contribution in [0.1, 0.15) is 161 Å². The van der Waals surface area contributed by atoms with Gasteiger partial charge in [0.15, 0.2) is 28.8 Å². The lowest BCUT2D eigenvalue weighted by atomic mass is 9.47. The third-order valence-corrected chi connectivity index (χ3v) is 18.5. The highest BCUT2D eigenvalue weighted by atomic mass is 16.5. The van der Waals surface area contributed by atoms with Crippen LogP contribution in [-0.4, -0.2) is 100 Å². The number of phenolic OH excluding ortho intramolecular Hbond substituents is 2. The highest BCUT2D eigenvalue weighted by molar-refractivity contribution is 6.07. The van der Waals surface area contributed by atoms with Gasteiger partial charge in [0.05, 0.1) is 26.0 Å². The van der Waals surface area contributed by atoms with Crippen molar-refractivity contribution in [3.63, 3.8) is 0 Å². The van der Waals surface area contributed by atoms with Crippen LogP contribution < -0.4 is 25.4 Å². The maximum absolute atomic E-state index is 13.6. The molecule has 1 heterocycles. The molecule has 1 unspecified atom stereocenters. The maximum atomic E-state index is 13.6. The SMILES string of the molecule is COc1cc(/C=C/C(=O)/C(Cc2cn(CCCCCCNC(=O)CCNC(=O)CCNC(=O)CO[C@H]3CC[C@@]4(C)C(=CC[C@H]5[C@@H]6CC[C@H](C(C)CCCC(C)C)[C@@]6(C)CC[C@@H]54)C3)nn2)=C(O)/C=C/c2ccc(O)c(OC)c2)ccc1O. The summed E-state index contributed by atoms with van der Waals surface area (Å²) < 4.78 is 18.3. The van der Waals surface area contributed by atoms with Gasteiger partial charge in [-0.3, -0.25) is 23.9 Å². The Morgan fingerprint density at radius 3 is 2.10 bits per heavy atom. The van der Waals surface area contributed by atoms with Crippen LogP contribution in [0.25, 0.3) is 12.2 Å². The van der Waals surface area contributed by atoms with Crippen LogP contribution in [0.3, 0.4) is 0 Å². The highest BCUT2D eigenvalue weighted by Crippen LogP contribution is 2.67. The number of fused-ring (bicyclic) bond motifs is 5. The smallest absolute Gasteiger partial charge is 0.246 e. The van der Waals surface area contributed by atoms with E-state index in [-0.39, 0.29) is 103 Å². The molecule has 0 saturated heterocycles. The van der Waals surface area contributed by atoms with Crippen LogP contribution in [0, 0.1) is 46.3 Å². The average Bonchev–Trinajstić information content (AvgIpc) is 4.28. The van der Waals surface area contributed by atoms with Crippen molar-refractivity contribution >= 4 is 35.7 Å². The van der Waals surface area contributed by atoms with Crippen LogP contribution in [-0.2, 0) is 36.9 Å². The molecular weight excluding hydrogens is 1020 g/mol. The number of carbonyl (C=O) groups excluding carboxylic acids is 4. The molecule has 7 rings (SSSR count). The van der Waals surface area contributed by atoms with Crippen molar-refractivity contribution in [3.05, 3.63) is 94.5 Å². The summed E-state index contributed by atoms with van der Waals surface area (Å²) in [6.45, 7) is 13.9. The van der Waals surface area contributed by atoms with Crippen LogP contribution in [0.2, 0.25) is 0 Å². The topological polar surface area (TPSA) is 223 Å². The lowest BCUT2D eigenvalue weighted by Gasteiger charge is -2.58. The number of nitrogens with zero attached hydrogens (tertiary/aromatic N) is 3. The number of phenols is 2. The molecule has 0 aliphatic heterocycles. The number of unbranched alkanes of at least 4 members (excludes halogenated alkanes) is 3. The molecule has 0 bridgehead atoms. The zero-order valence-corrected chi connectivity index (χ0v) is 49.3. The van der Waals surface area contributed by atoms with Gasteiger partial charge in [-0.2, -0.15) is 0 Å². The lowest BCUT2D eigenvalue weighted by molar-refractivity contribution is -0.129. The standard InChI is InChI=1S/C65H92N6O10/c1-43(2)13-12-14-44(3)52-21-22-53-50-20-19-47-39-49(27-31-64(47,4)54(50)28-32-65(52,53)5)81-42-63(78)68-35-30-62(77)67-34-29-61(76)66-33-10-8-9-11-36-71-41-48(69-70-71)40-51(55(72)23-15-45-17-25-57(74)59(37-45)79-6)56(73)24-16-46-18-26-58(75)60(38-46)80-7/h15-19,23-26,37-38,41,43-44,49-50,52-54,72,74-75H,8-14,20-22,27-36,39-40,42H2,1-7H3,(H,66,76)(H,67,77)(H,68,78)/b23-15+,24-16+,55-51-/t44?,49-,50-,52+,53-,54-,64-,65+/m0/s1. The van der Waals surface area contributed by atoms with Crippen molar-refractivity contribution in [3.8, 4) is 23.0 Å². The van der Waals surface area contributed by atoms with Gasteiger partial charge in [-0.15, -0.1) is 5.10 Å². The summed E-state index contributed by atoms with van der Waals surface area (Å²) in [6.07, 6.45) is 27.6. The fourth-order valence-corrected chi connectivity index (χ4v) is 14.0. The number of ether oxygens (including phenoxy) is 3. The Kier molecular flexibility index (Phi) is 22.7. The summed E-state index contributed by atoms with van der Waals surface area (Å²) in [5.74, 6) is 3.95. The molecule has 3 saturated carbocycles. The second kappa shape index (κ2) is 29.5. The fraction of sp³-hybridized carbons (Fsp3) is 0.600. The predicted molar refractivity (Wildman–Crippen MR) is 315 cm³/mol. The molecule has 16 nitrogen and oxygen atoms in total. The Bertz CT molecular complexity index is 2750. The zero-order valence-electron chi connectivity index (χ0n) is 49.3. The average molecular weight is 1120 g/mol. The second-order valence-electron chi connectivity index (χ2n) is 24.3. The lowest BCUT2D eigenvalue weighted by Crippen LogP contribution is -2.51. The zero-order chi connectivity index (χ0) is 58.1. The minimum absolute atomic E-state index is 0.00672. The van der Waals surface area contributed by atoms with E-state index in [2.05, 4.69) is 67.0 Å². The Hall–Kier alpha value is -6.42. The number of rotatable bonds is 30. The van der Waals surface area contributed by atoms with E-state index in [1.54, 1.807) is 52.9 Å². The summed E-state index contributed by atoms with van der Waals surface area (Å²) in [5.41, 5.74) is 4.04. The molecule has 0 spiro atoms. The Labute approximate surface area is 480 Å². The van der Waals surface area contributed by atoms with E-state index in [9.17, 15) is 34.5 Å². The number of ketones is 1. The number of aliphatic hydroxyl groups is 1. The van der Waals surface area contributed by atoms with Gasteiger partial charge in [0, 0.05) is 57.2 Å². The predicted octanol–water partition coefficient (Wildman–Crippen LogP) is 11.2. The summed E-state index contributed by atoms with van der Waals surface area (Å²) in [4.78, 5) is 51.4. The first-order valence-electron chi connectivity index (χ1n) is 30.0. The fourth-order valence-electron chi connectivity index (χ4n) is 14.0. The van der Waals surface area contributed by atoms with Crippen LogP contribution >= 0.6 is 0 Å². The Balaban J connectivity index is 0.741. The molecule has 3 amide bonds. The van der Waals surface area contributed by atoms with Crippen LogP contribution in [0.15, 0.2) is 77.7 Å². The van der Waals surface area contributed by atoms with Crippen molar-refractivity contribution in [2.24, 2.45) is 46.3 Å². The van der Waals surface area contributed by atoms with E-state index in [0.717, 1.165) is 80.5 Å². The van der Waals surface area contributed by atoms with Gasteiger partial charge < -0.3 is 45.5 Å². The van der Waals surface area contributed by atoms with Crippen molar-refractivity contribution < 1.29 is 48.7 Å². The largest absolute Gasteiger partial charge is 0.508 e. The molecule has 4 aliphatic rings. The summed E-state index contributed by atoms with van der Waals surface area (Å²) in [7, 11) is 2.87. The highest BCUT2D eigenvalue weighted by Gasteiger charge is 2.59. The normalized spacial score (nSPS) is 24.0. The number of hydrogen-bond donors (Lipinski definition) is 6. The second-order valence-corrected chi connectivity index (χ2v) is 24.3. The molecule has 442 valence electrons. The first-order valence-corrected chi connectivity index (χ1v) is 30.0. The molecule has 1 aromatic heterocycles. The number of nitrogens with one attached hydrogen (secondary N) is 3. The molecule has 0 radical (unpaired) electrons. The van der Waals surface area contributed by atoms with Gasteiger partial charge in [-0.05, 0) is 158 Å². The molecule has 3 aromatic rings.